The van der Waals surface area contributed by atoms with Crippen molar-refractivity contribution in [2.24, 2.45) is 5.92 Å². The summed E-state index contributed by atoms with van der Waals surface area (Å²) in [5.41, 5.74) is 1.02. The molecule has 0 fully saturated rings. The van der Waals surface area contributed by atoms with Crippen LogP contribution in [0.3, 0.4) is 0 Å². The van der Waals surface area contributed by atoms with Gasteiger partial charge in [0.05, 0.1) is 11.1 Å². The molecule has 0 saturated heterocycles. The fraction of sp³-hybridized carbons (Fsp3) is 0.250. The largest absolute Gasteiger partial charge is 0.217 e. The Hall–Kier alpha value is -1.72. The van der Waals surface area contributed by atoms with Crippen LogP contribution in [0.15, 0.2) is 36.5 Å². The molecule has 4 rings (SSSR count). The van der Waals surface area contributed by atoms with E-state index in [1.54, 1.807) is 22.7 Å². The van der Waals surface area contributed by atoms with E-state index < -0.39 is 0 Å². The van der Waals surface area contributed by atoms with E-state index in [1.807, 2.05) is 10.7 Å². The van der Waals surface area contributed by atoms with Gasteiger partial charge in [-0.15, -0.1) is 11.3 Å². The molecule has 0 spiro atoms. The Morgan fingerprint density at radius 3 is 2.81 bits per heavy atom. The first-order chi connectivity index (χ1) is 10.2. The fourth-order valence-corrected chi connectivity index (χ4v) is 4.50. The van der Waals surface area contributed by atoms with Gasteiger partial charge in [-0.3, -0.25) is 0 Å². The number of nitrogens with zero attached hydrogens (tertiary/aromatic N) is 3. The van der Waals surface area contributed by atoms with E-state index in [2.05, 4.69) is 49.3 Å². The summed E-state index contributed by atoms with van der Waals surface area (Å²) in [6.45, 7) is 4.43. The molecule has 1 aromatic carbocycles. The number of hydrogen-bond donors (Lipinski definition) is 0. The Balaban J connectivity index is 1.74. The molecule has 106 valence electrons. The Morgan fingerprint density at radius 1 is 1.19 bits per heavy atom. The molecule has 0 aliphatic heterocycles. The highest BCUT2D eigenvalue weighted by Crippen LogP contribution is 2.33. The molecule has 0 saturated carbocycles. The van der Waals surface area contributed by atoms with Crippen LogP contribution < -0.4 is 0 Å². The van der Waals surface area contributed by atoms with E-state index in [4.69, 9.17) is 4.98 Å². The molecular formula is C16H15N3S2. The minimum atomic E-state index is 0.628. The van der Waals surface area contributed by atoms with Crippen molar-refractivity contribution in [1.29, 1.82) is 0 Å². The molecule has 0 radical (unpaired) electrons. The lowest BCUT2D eigenvalue weighted by molar-refractivity contribution is 0.637. The quantitative estimate of drug-likeness (QED) is 0.540. The van der Waals surface area contributed by atoms with E-state index in [0.29, 0.717) is 5.92 Å². The molecular weight excluding hydrogens is 298 g/mol. The van der Waals surface area contributed by atoms with Crippen molar-refractivity contribution in [3.63, 3.8) is 0 Å². The number of benzene rings is 1. The molecule has 21 heavy (non-hydrogen) atoms. The van der Waals surface area contributed by atoms with E-state index in [1.165, 1.54) is 15.0 Å². The maximum atomic E-state index is 4.74. The summed E-state index contributed by atoms with van der Waals surface area (Å²) in [5.74, 6) is 0.628. The van der Waals surface area contributed by atoms with Gasteiger partial charge in [-0.1, -0.05) is 43.4 Å². The predicted molar refractivity (Wildman–Crippen MR) is 90.2 cm³/mol. The van der Waals surface area contributed by atoms with Crippen molar-refractivity contribution >= 4 is 37.7 Å². The number of rotatable bonds is 3. The van der Waals surface area contributed by atoms with Crippen molar-refractivity contribution < 1.29 is 0 Å². The van der Waals surface area contributed by atoms with Crippen molar-refractivity contribution in [3.8, 4) is 10.6 Å². The van der Waals surface area contributed by atoms with Crippen molar-refractivity contribution in [2.75, 3.05) is 0 Å². The minimum absolute atomic E-state index is 0.628. The highest BCUT2D eigenvalue weighted by molar-refractivity contribution is 7.22. The number of imidazole rings is 1. The zero-order valence-corrected chi connectivity index (χ0v) is 13.5. The Kier molecular flexibility index (Phi) is 3.05. The zero-order chi connectivity index (χ0) is 14.4. The second-order valence-corrected chi connectivity index (χ2v) is 7.72. The zero-order valence-electron chi connectivity index (χ0n) is 11.9. The van der Waals surface area contributed by atoms with Gasteiger partial charge in [0.15, 0.2) is 0 Å². The van der Waals surface area contributed by atoms with Gasteiger partial charge >= 0.3 is 0 Å². The first kappa shape index (κ1) is 13.0. The standard InChI is InChI=1S/C16H15N3S2/c1-10(2)7-15-18-19-9-12(17-16(19)21-15)14-8-11-5-3-4-6-13(11)20-14/h3-6,8-10H,7H2,1-2H3. The monoisotopic (exact) mass is 313 g/mol. The lowest BCUT2D eigenvalue weighted by Crippen LogP contribution is -1.94. The lowest BCUT2D eigenvalue weighted by atomic mass is 10.1. The highest BCUT2D eigenvalue weighted by Gasteiger charge is 2.12. The topological polar surface area (TPSA) is 30.2 Å². The van der Waals surface area contributed by atoms with Crippen LogP contribution in [0.1, 0.15) is 18.9 Å². The summed E-state index contributed by atoms with van der Waals surface area (Å²) in [6.07, 6.45) is 3.06. The molecule has 0 unspecified atom stereocenters. The average molecular weight is 313 g/mol. The van der Waals surface area contributed by atoms with E-state index >= 15 is 0 Å². The lowest BCUT2D eigenvalue weighted by Gasteiger charge is -1.97. The second kappa shape index (κ2) is 4.93. The number of hydrogen-bond acceptors (Lipinski definition) is 4. The maximum Gasteiger partial charge on any atom is 0.212 e. The molecule has 3 heterocycles. The SMILES string of the molecule is CC(C)Cc1nn2cc(-c3cc4ccccc4s3)nc2s1. The second-order valence-electron chi connectivity index (χ2n) is 5.60. The minimum Gasteiger partial charge on any atom is -0.217 e. The maximum absolute atomic E-state index is 4.74. The molecule has 0 aliphatic carbocycles. The van der Waals surface area contributed by atoms with Crippen molar-refractivity contribution in [2.45, 2.75) is 20.3 Å². The highest BCUT2D eigenvalue weighted by atomic mass is 32.1. The fourth-order valence-electron chi connectivity index (χ4n) is 2.40. The van der Waals surface area contributed by atoms with Gasteiger partial charge in [0.1, 0.15) is 10.7 Å². The molecule has 4 aromatic rings. The third kappa shape index (κ3) is 2.36. The van der Waals surface area contributed by atoms with E-state index in [-0.39, 0.29) is 0 Å². The molecule has 3 aromatic heterocycles. The molecule has 0 bridgehead atoms. The molecule has 3 nitrogen and oxygen atoms in total. The van der Waals surface area contributed by atoms with Gasteiger partial charge < -0.3 is 0 Å². The molecule has 0 atom stereocenters. The first-order valence-corrected chi connectivity index (χ1v) is 8.66. The number of aromatic nitrogens is 3. The van der Waals surface area contributed by atoms with Crippen LogP contribution in [0.4, 0.5) is 0 Å². The Bertz CT molecular complexity index is 849. The summed E-state index contributed by atoms with van der Waals surface area (Å²) in [7, 11) is 0. The van der Waals surface area contributed by atoms with Crippen LogP contribution in [0.5, 0.6) is 0 Å². The third-order valence-electron chi connectivity index (χ3n) is 3.35. The van der Waals surface area contributed by atoms with Gasteiger partial charge in [-0.25, -0.2) is 9.50 Å². The summed E-state index contributed by atoms with van der Waals surface area (Å²) in [4.78, 5) is 6.93. The molecule has 0 aliphatic rings. The Labute approximate surface area is 130 Å². The van der Waals surface area contributed by atoms with Crippen LogP contribution in [0.25, 0.3) is 25.6 Å². The van der Waals surface area contributed by atoms with Crippen molar-refractivity contribution in [3.05, 3.63) is 41.5 Å². The first-order valence-electron chi connectivity index (χ1n) is 7.03. The normalized spacial score (nSPS) is 12.0. The van der Waals surface area contributed by atoms with Crippen LogP contribution in [-0.4, -0.2) is 14.6 Å². The average Bonchev–Trinajstić information content (AvgIpc) is 3.08. The summed E-state index contributed by atoms with van der Waals surface area (Å²) < 4.78 is 3.22. The number of thiophene rings is 1. The number of fused-ring (bicyclic) bond motifs is 2. The van der Waals surface area contributed by atoms with Crippen LogP contribution in [0, 0.1) is 5.92 Å². The summed E-state index contributed by atoms with van der Waals surface area (Å²) >= 11 is 3.48. The summed E-state index contributed by atoms with van der Waals surface area (Å²) in [5, 5.41) is 7.07. The van der Waals surface area contributed by atoms with Gasteiger partial charge in [0, 0.05) is 11.1 Å². The smallest absolute Gasteiger partial charge is 0.212 e. The van der Waals surface area contributed by atoms with E-state index in [9.17, 15) is 0 Å². The van der Waals surface area contributed by atoms with Gasteiger partial charge in [-0.2, -0.15) is 5.10 Å². The third-order valence-corrected chi connectivity index (χ3v) is 5.43. The predicted octanol–water partition coefficient (Wildman–Crippen LogP) is 4.87. The van der Waals surface area contributed by atoms with Crippen LogP contribution in [0.2, 0.25) is 0 Å². The van der Waals surface area contributed by atoms with Crippen LogP contribution in [-0.2, 0) is 6.42 Å². The van der Waals surface area contributed by atoms with Gasteiger partial charge in [-0.05, 0) is 23.4 Å². The molecule has 0 amide bonds. The molecule has 0 N–H and O–H groups in total. The molecule has 5 heteroatoms. The van der Waals surface area contributed by atoms with Gasteiger partial charge in [0.25, 0.3) is 0 Å². The summed E-state index contributed by atoms with van der Waals surface area (Å²) in [6, 6.07) is 10.7. The van der Waals surface area contributed by atoms with Crippen molar-refractivity contribution in [1.82, 2.24) is 14.6 Å². The Morgan fingerprint density at radius 2 is 2.05 bits per heavy atom. The van der Waals surface area contributed by atoms with Gasteiger partial charge in [0.2, 0.25) is 4.96 Å². The van der Waals surface area contributed by atoms with E-state index in [0.717, 1.165) is 22.1 Å². The van der Waals surface area contributed by atoms with Crippen LogP contribution >= 0.6 is 22.7 Å².